The summed E-state index contributed by atoms with van der Waals surface area (Å²) in [4.78, 5) is 25.5. The second kappa shape index (κ2) is 5.66. The number of aromatic nitrogens is 1. The Labute approximate surface area is 117 Å². The van der Waals surface area contributed by atoms with Crippen LogP contribution < -0.4 is 0 Å². The van der Waals surface area contributed by atoms with E-state index < -0.39 is 11.5 Å². The number of methoxy groups -OCH3 is 1. The normalized spacial score (nSPS) is 22.2. The summed E-state index contributed by atoms with van der Waals surface area (Å²) in [5.41, 5.74) is -0.593. The van der Waals surface area contributed by atoms with Gasteiger partial charge in [-0.2, -0.15) is 0 Å². The number of carboxylic acids is 1. The van der Waals surface area contributed by atoms with Crippen molar-refractivity contribution in [3.63, 3.8) is 0 Å². The third-order valence-corrected chi connectivity index (χ3v) is 3.93. The molecule has 2 heterocycles. The zero-order valence-corrected chi connectivity index (χ0v) is 11.8. The van der Waals surface area contributed by atoms with Gasteiger partial charge in [-0.25, -0.2) is 4.79 Å². The fourth-order valence-electron chi connectivity index (χ4n) is 2.64. The third kappa shape index (κ3) is 2.43. The van der Waals surface area contributed by atoms with Gasteiger partial charge in [-0.15, -0.1) is 0 Å². The third-order valence-electron chi connectivity index (χ3n) is 3.93. The fraction of sp³-hybridized carbons (Fsp3) is 0.571. The molecule has 1 atom stereocenters. The van der Waals surface area contributed by atoms with Crippen LogP contribution in [-0.4, -0.2) is 52.3 Å². The van der Waals surface area contributed by atoms with Crippen LogP contribution in [0.3, 0.4) is 0 Å². The van der Waals surface area contributed by atoms with E-state index in [2.05, 4.69) is 0 Å². The molecule has 1 unspecified atom stereocenters. The number of hydrogen-bond acceptors (Lipinski definition) is 3. The van der Waals surface area contributed by atoms with Gasteiger partial charge >= 0.3 is 5.97 Å². The van der Waals surface area contributed by atoms with E-state index in [0.717, 1.165) is 0 Å². The Morgan fingerprint density at radius 3 is 2.90 bits per heavy atom. The summed E-state index contributed by atoms with van der Waals surface area (Å²) < 4.78 is 6.81. The summed E-state index contributed by atoms with van der Waals surface area (Å²) >= 11 is 0. The van der Waals surface area contributed by atoms with E-state index in [1.165, 1.54) is 4.90 Å². The average Bonchev–Trinajstić information content (AvgIpc) is 3.02. The molecule has 0 bridgehead atoms. The van der Waals surface area contributed by atoms with Crippen molar-refractivity contribution in [2.45, 2.75) is 31.8 Å². The van der Waals surface area contributed by atoms with Crippen molar-refractivity contribution in [3.05, 3.63) is 24.0 Å². The molecule has 2 rings (SSSR count). The highest BCUT2D eigenvalue weighted by atomic mass is 16.5. The van der Waals surface area contributed by atoms with Crippen LogP contribution in [0.15, 0.2) is 18.3 Å². The van der Waals surface area contributed by atoms with Crippen molar-refractivity contribution in [1.82, 2.24) is 9.47 Å². The predicted molar refractivity (Wildman–Crippen MR) is 72.6 cm³/mol. The van der Waals surface area contributed by atoms with Gasteiger partial charge < -0.3 is 19.3 Å². The number of carboxylic acid groups (broad SMARTS) is 1. The molecule has 0 spiro atoms. The van der Waals surface area contributed by atoms with Crippen LogP contribution in [0.25, 0.3) is 0 Å². The number of carbonyl (C=O) groups is 2. The van der Waals surface area contributed by atoms with Gasteiger partial charge in [0.2, 0.25) is 0 Å². The van der Waals surface area contributed by atoms with E-state index >= 15 is 0 Å². The standard InChI is InChI=1S/C14H20N2O4/c1-14(13(18)19)6-4-8-16(14)12(17)11-5-3-7-15(11)9-10-20-2/h3,5,7H,4,6,8-10H2,1-2H3,(H,18,19). The number of hydrogen-bond donors (Lipinski definition) is 1. The summed E-state index contributed by atoms with van der Waals surface area (Å²) in [6.07, 6.45) is 3.01. The van der Waals surface area contributed by atoms with Crippen molar-refractivity contribution in [1.29, 1.82) is 0 Å². The fourth-order valence-corrected chi connectivity index (χ4v) is 2.64. The molecule has 1 aliphatic rings. The monoisotopic (exact) mass is 280 g/mol. The molecule has 1 aromatic rings. The van der Waals surface area contributed by atoms with Gasteiger partial charge in [0.1, 0.15) is 11.2 Å². The molecule has 1 aromatic heterocycles. The van der Waals surface area contributed by atoms with E-state index in [9.17, 15) is 14.7 Å². The molecule has 1 fully saturated rings. The second-order valence-corrected chi connectivity index (χ2v) is 5.22. The summed E-state index contributed by atoms with van der Waals surface area (Å²) in [6.45, 7) is 3.17. The van der Waals surface area contributed by atoms with Crippen molar-refractivity contribution in [2.24, 2.45) is 0 Å². The number of amides is 1. The Kier molecular flexibility index (Phi) is 4.13. The smallest absolute Gasteiger partial charge is 0.329 e. The number of aliphatic carboxylic acids is 1. The van der Waals surface area contributed by atoms with Crippen molar-refractivity contribution in [3.8, 4) is 0 Å². The largest absolute Gasteiger partial charge is 0.480 e. The van der Waals surface area contributed by atoms with Crippen molar-refractivity contribution >= 4 is 11.9 Å². The van der Waals surface area contributed by atoms with Crippen LogP contribution in [0.1, 0.15) is 30.3 Å². The number of rotatable bonds is 5. The first-order valence-electron chi connectivity index (χ1n) is 6.70. The van der Waals surface area contributed by atoms with Gasteiger partial charge in [0, 0.05) is 26.4 Å². The lowest BCUT2D eigenvalue weighted by Gasteiger charge is -2.31. The molecule has 1 amide bonds. The maximum absolute atomic E-state index is 12.6. The summed E-state index contributed by atoms with van der Waals surface area (Å²) in [5, 5.41) is 9.38. The maximum Gasteiger partial charge on any atom is 0.329 e. The Bertz CT molecular complexity index is 511. The second-order valence-electron chi connectivity index (χ2n) is 5.22. The highest BCUT2D eigenvalue weighted by Gasteiger charge is 2.46. The number of ether oxygens (including phenoxy) is 1. The molecule has 6 nitrogen and oxygen atoms in total. The maximum atomic E-state index is 12.6. The molecule has 0 aliphatic carbocycles. The van der Waals surface area contributed by atoms with Crippen LogP contribution in [0, 0.1) is 0 Å². The average molecular weight is 280 g/mol. The van der Waals surface area contributed by atoms with E-state index in [0.29, 0.717) is 38.2 Å². The summed E-state index contributed by atoms with van der Waals surface area (Å²) in [6, 6.07) is 3.51. The predicted octanol–water partition coefficient (Wildman–Crippen LogP) is 1.21. The zero-order valence-electron chi connectivity index (χ0n) is 11.8. The van der Waals surface area contributed by atoms with Gasteiger partial charge in [0.05, 0.1) is 6.61 Å². The summed E-state index contributed by atoms with van der Waals surface area (Å²) in [7, 11) is 1.60. The Morgan fingerprint density at radius 2 is 2.25 bits per heavy atom. The zero-order chi connectivity index (χ0) is 14.8. The highest BCUT2D eigenvalue weighted by Crippen LogP contribution is 2.30. The van der Waals surface area contributed by atoms with E-state index in [1.54, 1.807) is 36.9 Å². The van der Waals surface area contributed by atoms with Gasteiger partial charge in [-0.05, 0) is 31.9 Å². The first kappa shape index (κ1) is 14.6. The Hall–Kier alpha value is -1.82. The minimum atomic E-state index is -1.10. The molecule has 110 valence electrons. The molecule has 20 heavy (non-hydrogen) atoms. The topological polar surface area (TPSA) is 71.8 Å². The minimum absolute atomic E-state index is 0.228. The lowest BCUT2D eigenvalue weighted by Crippen LogP contribution is -2.51. The molecule has 0 saturated carbocycles. The first-order valence-corrected chi connectivity index (χ1v) is 6.70. The molecule has 0 radical (unpaired) electrons. The van der Waals surface area contributed by atoms with Crippen LogP contribution in [-0.2, 0) is 16.1 Å². The molecule has 1 aliphatic heterocycles. The summed E-state index contributed by atoms with van der Waals surface area (Å²) in [5.74, 6) is -1.17. The molecule has 6 heteroatoms. The molecule has 1 saturated heterocycles. The first-order chi connectivity index (χ1) is 9.50. The molecule has 0 aromatic carbocycles. The lowest BCUT2D eigenvalue weighted by atomic mass is 9.99. The van der Waals surface area contributed by atoms with Gasteiger partial charge in [0.25, 0.3) is 5.91 Å². The molecular weight excluding hydrogens is 260 g/mol. The SMILES string of the molecule is COCCn1cccc1C(=O)N1CCCC1(C)C(=O)O. The highest BCUT2D eigenvalue weighted by molar-refractivity contribution is 5.97. The van der Waals surface area contributed by atoms with Crippen molar-refractivity contribution < 1.29 is 19.4 Å². The van der Waals surface area contributed by atoms with Gasteiger partial charge in [0.15, 0.2) is 0 Å². The number of carbonyl (C=O) groups excluding carboxylic acids is 1. The van der Waals surface area contributed by atoms with Crippen LogP contribution in [0.4, 0.5) is 0 Å². The quantitative estimate of drug-likeness (QED) is 0.880. The van der Waals surface area contributed by atoms with E-state index in [1.807, 2.05) is 0 Å². The van der Waals surface area contributed by atoms with Crippen LogP contribution in [0.2, 0.25) is 0 Å². The van der Waals surface area contributed by atoms with Gasteiger partial charge in [-0.3, -0.25) is 4.79 Å². The Balaban J connectivity index is 2.23. The lowest BCUT2D eigenvalue weighted by molar-refractivity contribution is -0.147. The molecular formula is C14H20N2O4. The number of nitrogens with zero attached hydrogens (tertiary/aromatic N) is 2. The van der Waals surface area contributed by atoms with Crippen LogP contribution in [0.5, 0.6) is 0 Å². The van der Waals surface area contributed by atoms with E-state index in [4.69, 9.17) is 4.74 Å². The Morgan fingerprint density at radius 1 is 1.50 bits per heavy atom. The van der Waals surface area contributed by atoms with Gasteiger partial charge in [-0.1, -0.05) is 0 Å². The van der Waals surface area contributed by atoms with Crippen LogP contribution >= 0.6 is 0 Å². The molecule has 1 N–H and O–H groups in total. The van der Waals surface area contributed by atoms with Crippen molar-refractivity contribution in [2.75, 3.05) is 20.3 Å². The van der Waals surface area contributed by atoms with E-state index in [-0.39, 0.29) is 5.91 Å². The number of likely N-dealkylation sites (tertiary alicyclic amines) is 1. The minimum Gasteiger partial charge on any atom is -0.480 e.